The second kappa shape index (κ2) is 11.3. The summed E-state index contributed by atoms with van der Waals surface area (Å²) in [4.78, 5) is 27.4. The van der Waals surface area contributed by atoms with E-state index in [0.29, 0.717) is 45.3 Å². The first-order chi connectivity index (χ1) is 18.5. The number of amides is 1. The third kappa shape index (κ3) is 6.19. The lowest BCUT2D eigenvalue weighted by Gasteiger charge is -2.59. The molecule has 6 nitrogen and oxygen atoms in total. The molecule has 1 aliphatic heterocycles. The lowest BCUT2D eigenvalue weighted by molar-refractivity contribution is -0.186. The summed E-state index contributed by atoms with van der Waals surface area (Å²) in [5.41, 5.74) is -1.22. The summed E-state index contributed by atoms with van der Waals surface area (Å²) in [7, 11) is 0. The van der Waals surface area contributed by atoms with Gasteiger partial charge in [-0.05, 0) is 73.7 Å². The summed E-state index contributed by atoms with van der Waals surface area (Å²) in [6.45, 7) is 7.07. The molecule has 3 atom stereocenters. The molecule has 0 spiro atoms. The molecular formula is C30H33F3N2O4. The lowest BCUT2D eigenvalue weighted by Crippen LogP contribution is -2.68. The van der Waals surface area contributed by atoms with Gasteiger partial charge in [0, 0.05) is 37.5 Å². The van der Waals surface area contributed by atoms with Crippen LogP contribution in [0.5, 0.6) is 5.75 Å². The Balaban J connectivity index is 1.60. The Kier molecular flexibility index (Phi) is 8.20. The van der Waals surface area contributed by atoms with Crippen molar-refractivity contribution in [3.05, 3.63) is 84.0 Å². The number of likely N-dealkylation sites (tertiary alicyclic amines) is 1. The number of aromatic hydroxyl groups is 1. The predicted molar refractivity (Wildman–Crippen MR) is 142 cm³/mol. The molecule has 1 saturated heterocycles. The van der Waals surface area contributed by atoms with E-state index >= 15 is 0 Å². The van der Waals surface area contributed by atoms with Crippen molar-refractivity contribution in [2.75, 3.05) is 19.6 Å². The van der Waals surface area contributed by atoms with E-state index in [1.54, 1.807) is 18.2 Å². The van der Waals surface area contributed by atoms with Gasteiger partial charge in [-0.3, -0.25) is 14.5 Å². The number of benzene rings is 2. The maximum atomic E-state index is 13.0. The quantitative estimate of drug-likeness (QED) is 0.285. The van der Waals surface area contributed by atoms with Gasteiger partial charge in [-0.2, -0.15) is 13.2 Å². The minimum absolute atomic E-state index is 0.0994. The van der Waals surface area contributed by atoms with E-state index in [2.05, 4.69) is 16.8 Å². The maximum Gasteiger partial charge on any atom is 0.416 e. The molecule has 1 heterocycles. The van der Waals surface area contributed by atoms with Crippen LogP contribution in [0.2, 0.25) is 0 Å². The van der Waals surface area contributed by atoms with Crippen LogP contribution >= 0.6 is 0 Å². The van der Waals surface area contributed by atoms with Crippen LogP contribution in [0, 0.1) is 0 Å². The molecule has 1 aliphatic carbocycles. The molecule has 0 radical (unpaired) electrons. The van der Waals surface area contributed by atoms with Crippen LogP contribution in [0.3, 0.4) is 0 Å². The number of carbonyl (C=O) groups excluding carboxylic acids is 2. The minimum Gasteiger partial charge on any atom is -0.508 e. The number of phenolic OH excluding ortho intramolecular Hbond substituents is 1. The number of carbonyl (C=O) groups is 2. The largest absolute Gasteiger partial charge is 0.508 e. The number of phenols is 1. The number of nitrogens with zero attached hydrogens (tertiary/aromatic N) is 1. The van der Waals surface area contributed by atoms with Crippen LogP contribution in [0.4, 0.5) is 13.2 Å². The Bertz CT molecular complexity index is 1260. The fourth-order valence-electron chi connectivity index (χ4n) is 6.19. The Hall–Kier alpha value is -3.59. The van der Waals surface area contributed by atoms with E-state index < -0.39 is 34.6 Å². The van der Waals surface area contributed by atoms with Crippen molar-refractivity contribution >= 4 is 18.0 Å². The highest BCUT2D eigenvalue weighted by Crippen LogP contribution is 2.54. The minimum atomic E-state index is -4.47. The zero-order valence-electron chi connectivity index (χ0n) is 21.8. The van der Waals surface area contributed by atoms with Gasteiger partial charge in [0.25, 0.3) is 0 Å². The molecule has 2 N–H and O–H groups in total. The van der Waals surface area contributed by atoms with E-state index in [4.69, 9.17) is 4.74 Å². The molecule has 2 fully saturated rings. The average molecular weight is 543 g/mol. The van der Waals surface area contributed by atoms with Crippen LogP contribution in [-0.2, 0) is 25.9 Å². The summed E-state index contributed by atoms with van der Waals surface area (Å²) in [5, 5.41) is 13.3. The molecule has 0 bridgehead atoms. The fourth-order valence-corrected chi connectivity index (χ4v) is 6.19. The zero-order valence-corrected chi connectivity index (χ0v) is 21.8. The van der Waals surface area contributed by atoms with Gasteiger partial charge < -0.3 is 15.2 Å². The first-order valence-electron chi connectivity index (χ1n) is 12.9. The molecule has 2 aromatic rings. The molecule has 208 valence electrons. The molecular weight excluding hydrogens is 509 g/mol. The number of piperidine rings is 1. The summed E-state index contributed by atoms with van der Waals surface area (Å²) in [6, 6.07) is 11.4. The molecule has 3 unspecified atom stereocenters. The fraction of sp³-hybridized carbons (Fsp3) is 0.400. The number of hydrogen-bond acceptors (Lipinski definition) is 5. The Morgan fingerprint density at radius 3 is 2.67 bits per heavy atom. The molecule has 0 aromatic heterocycles. The van der Waals surface area contributed by atoms with Crippen molar-refractivity contribution in [1.82, 2.24) is 10.2 Å². The smallest absolute Gasteiger partial charge is 0.416 e. The lowest BCUT2D eigenvalue weighted by atomic mass is 9.55. The van der Waals surface area contributed by atoms with Gasteiger partial charge in [0.1, 0.15) is 11.4 Å². The van der Waals surface area contributed by atoms with Crippen LogP contribution in [0.15, 0.2) is 67.3 Å². The molecule has 2 aromatic carbocycles. The van der Waals surface area contributed by atoms with Gasteiger partial charge in [0.2, 0.25) is 5.91 Å². The van der Waals surface area contributed by atoms with Crippen LogP contribution in [-0.4, -0.2) is 53.2 Å². The van der Waals surface area contributed by atoms with Crippen molar-refractivity contribution < 1.29 is 32.6 Å². The number of esters is 1. The highest BCUT2D eigenvalue weighted by Gasteiger charge is 2.60. The van der Waals surface area contributed by atoms with Crippen molar-refractivity contribution in [3.8, 4) is 5.75 Å². The van der Waals surface area contributed by atoms with Gasteiger partial charge in [-0.1, -0.05) is 30.3 Å². The van der Waals surface area contributed by atoms with E-state index in [1.165, 1.54) is 31.2 Å². The maximum absolute atomic E-state index is 13.0. The molecule has 39 heavy (non-hydrogen) atoms. The third-order valence-electron chi connectivity index (χ3n) is 7.81. The first-order valence-corrected chi connectivity index (χ1v) is 12.9. The second-order valence-corrected chi connectivity index (χ2v) is 10.4. The van der Waals surface area contributed by atoms with Crippen molar-refractivity contribution in [3.63, 3.8) is 0 Å². The molecule has 1 amide bonds. The molecule has 2 aliphatic rings. The number of nitrogens with one attached hydrogen (secondary N) is 1. The predicted octanol–water partition coefficient (Wildman–Crippen LogP) is 5.22. The second-order valence-electron chi connectivity index (χ2n) is 10.4. The number of halogens is 3. The van der Waals surface area contributed by atoms with Crippen molar-refractivity contribution in [2.45, 2.75) is 55.8 Å². The van der Waals surface area contributed by atoms with Gasteiger partial charge in [0.05, 0.1) is 5.56 Å². The summed E-state index contributed by atoms with van der Waals surface area (Å²) < 4.78 is 45.2. The van der Waals surface area contributed by atoms with Crippen molar-refractivity contribution in [1.29, 1.82) is 0 Å². The summed E-state index contributed by atoms with van der Waals surface area (Å²) >= 11 is 0. The van der Waals surface area contributed by atoms with Gasteiger partial charge >= 0.3 is 12.1 Å². The normalized spacial score (nSPS) is 25.6. The highest BCUT2D eigenvalue weighted by molar-refractivity contribution is 5.92. The van der Waals surface area contributed by atoms with Gasteiger partial charge in [-0.25, -0.2) is 0 Å². The number of hydrogen-bond donors (Lipinski definition) is 2. The SMILES string of the molecule is C=CCN1CCC2(c3cccc(O)c3)CC(NC(=O)C=Cc3cccc(C(F)(F)F)c3)CCC2(OC(C)=O)C1. The summed E-state index contributed by atoms with van der Waals surface area (Å²) in [6.07, 6.45) is 2.05. The van der Waals surface area contributed by atoms with E-state index in [-0.39, 0.29) is 17.4 Å². The van der Waals surface area contributed by atoms with Crippen LogP contribution in [0.1, 0.15) is 49.3 Å². The Morgan fingerprint density at radius 2 is 1.97 bits per heavy atom. The number of rotatable bonds is 7. The summed E-state index contributed by atoms with van der Waals surface area (Å²) in [5.74, 6) is -0.721. The highest BCUT2D eigenvalue weighted by atomic mass is 19.4. The third-order valence-corrected chi connectivity index (χ3v) is 7.81. The monoisotopic (exact) mass is 542 g/mol. The number of alkyl halides is 3. The van der Waals surface area contributed by atoms with Gasteiger partial charge in [-0.15, -0.1) is 6.58 Å². The zero-order chi connectivity index (χ0) is 28.3. The number of ether oxygens (including phenoxy) is 1. The van der Waals surface area contributed by atoms with Crippen LogP contribution in [0.25, 0.3) is 6.08 Å². The average Bonchev–Trinajstić information content (AvgIpc) is 2.87. The van der Waals surface area contributed by atoms with Crippen LogP contribution < -0.4 is 5.32 Å². The van der Waals surface area contributed by atoms with Gasteiger partial charge in [0.15, 0.2) is 0 Å². The molecule has 4 rings (SSSR count). The van der Waals surface area contributed by atoms with E-state index in [1.807, 2.05) is 12.1 Å². The standard InChI is InChI=1S/C30H33F3N2O4/c1-3-15-35-16-14-28(23-7-5-9-26(37)18-23)19-25(12-13-29(28,20-35)39-21(2)36)34-27(38)11-10-22-6-4-8-24(17-22)30(31,32)33/h3-11,17-18,25,37H,1,12-16,19-20H2,2H3,(H,34,38). The molecule has 9 heteroatoms. The molecule has 1 saturated carbocycles. The van der Waals surface area contributed by atoms with E-state index in [9.17, 15) is 27.9 Å². The number of fused-ring (bicyclic) bond motifs is 1. The Labute approximate surface area is 226 Å². The first kappa shape index (κ1) is 28.4. The topological polar surface area (TPSA) is 78.9 Å². The van der Waals surface area contributed by atoms with Crippen molar-refractivity contribution in [2.24, 2.45) is 0 Å². The van der Waals surface area contributed by atoms with E-state index in [0.717, 1.165) is 17.7 Å². The Morgan fingerprint density at radius 1 is 1.21 bits per heavy atom.